The zero-order chi connectivity index (χ0) is 7.68. The lowest BCUT2D eigenvalue weighted by Gasteiger charge is -2.10. The van der Waals surface area contributed by atoms with Gasteiger partial charge >= 0.3 is 0 Å². The molecule has 0 radical (unpaired) electrons. The Morgan fingerprint density at radius 1 is 1.64 bits per heavy atom. The molecule has 0 aromatic carbocycles. The van der Waals surface area contributed by atoms with Crippen molar-refractivity contribution < 1.29 is 4.42 Å². The maximum Gasteiger partial charge on any atom is 0.122 e. The number of hydrogen-bond acceptors (Lipinski definition) is 3. The molecule has 3 heteroatoms. The molecule has 1 fully saturated rings. The van der Waals surface area contributed by atoms with Gasteiger partial charge in [0.25, 0.3) is 0 Å². The Balaban J connectivity index is 2.11. The summed E-state index contributed by atoms with van der Waals surface area (Å²) in [6.45, 7) is 0. The van der Waals surface area contributed by atoms with E-state index in [1.54, 1.807) is 6.26 Å². The largest absolute Gasteiger partial charge is 0.468 e. The van der Waals surface area contributed by atoms with Crippen LogP contribution in [0.5, 0.6) is 0 Å². The van der Waals surface area contributed by atoms with E-state index in [1.807, 2.05) is 12.1 Å². The van der Waals surface area contributed by atoms with Crippen LogP contribution in [0.25, 0.3) is 0 Å². The number of hydrogen-bond donors (Lipinski definition) is 2. The summed E-state index contributed by atoms with van der Waals surface area (Å²) in [7, 11) is 0. The summed E-state index contributed by atoms with van der Waals surface area (Å²) >= 11 is 0. The van der Waals surface area contributed by atoms with Crippen LogP contribution in [-0.4, -0.2) is 0 Å². The minimum absolute atomic E-state index is 0.227. The van der Waals surface area contributed by atoms with Crippen molar-refractivity contribution in [3.05, 3.63) is 24.2 Å². The Morgan fingerprint density at radius 2 is 2.45 bits per heavy atom. The van der Waals surface area contributed by atoms with Gasteiger partial charge in [-0.2, -0.15) is 0 Å². The summed E-state index contributed by atoms with van der Waals surface area (Å²) < 4.78 is 5.25. The Morgan fingerprint density at radius 3 is 2.91 bits per heavy atom. The summed E-state index contributed by atoms with van der Waals surface area (Å²) in [5.41, 5.74) is 2.77. The van der Waals surface area contributed by atoms with E-state index < -0.39 is 0 Å². The number of hydrazine groups is 1. The third kappa shape index (κ3) is 1.29. The van der Waals surface area contributed by atoms with E-state index >= 15 is 0 Å². The molecule has 3 nitrogen and oxygen atoms in total. The van der Waals surface area contributed by atoms with Gasteiger partial charge in [0.2, 0.25) is 0 Å². The maximum atomic E-state index is 5.39. The number of nitrogens with two attached hydrogens (primary N) is 1. The summed E-state index contributed by atoms with van der Waals surface area (Å²) in [5, 5.41) is 0. The molecule has 0 bridgehead atoms. The quantitative estimate of drug-likeness (QED) is 0.505. The third-order valence-corrected chi connectivity index (χ3v) is 2.12. The first kappa shape index (κ1) is 6.88. The minimum atomic E-state index is 0.227. The van der Waals surface area contributed by atoms with Gasteiger partial charge in [-0.15, -0.1) is 0 Å². The van der Waals surface area contributed by atoms with Crippen molar-refractivity contribution in [2.45, 2.75) is 18.9 Å². The van der Waals surface area contributed by atoms with Gasteiger partial charge in [-0.25, -0.2) is 5.43 Å². The van der Waals surface area contributed by atoms with E-state index in [2.05, 4.69) is 5.43 Å². The van der Waals surface area contributed by atoms with Crippen LogP contribution in [0.4, 0.5) is 0 Å². The highest BCUT2D eigenvalue weighted by molar-refractivity contribution is 5.07. The van der Waals surface area contributed by atoms with E-state index in [0.717, 1.165) is 5.76 Å². The first-order valence-corrected chi connectivity index (χ1v) is 3.91. The normalized spacial score (nSPS) is 20.1. The van der Waals surface area contributed by atoms with Crippen LogP contribution in [0, 0.1) is 5.92 Å². The predicted octanol–water partition coefficient (Wildman–Crippen LogP) is 1.19. The van der Waals surface area contributed by atoms with Gasteiger partial charge in [-0.3, -0.25) is 5.84 Å². The Kier molecular flexibility index (Phi) is 1.68. The molecule has 1 aliphatic carbocycles. The summed E-state index contributed by atoms with van der Waals surface area (Å²) in [4.78, 5) is 0. The SMILES string of the molecule is NNC(c1ccco1)C1CC1. The molecule has 1 unspecified atom stereocenters. The zero-order valence-electron chi connectivity index (χ0n) is 6.29. The molecule has 1 heterocycles. The van der Waals surface area contributed by atoms with Crippen LogP contribution in [0.2, 0.25) is 0 Å². The molecule has 0 saturated heterocycles. The second-order valence-electron chi connectivity index (χ2n) is 3.00. The van der Waals surface area contributed by atoms with Crippen molar-refractivity contribution >= 4 is 0 Å². The van der Waals surface area contributed by atoms with Gasteiger partial charge in [0.15, 0.2) is 0 Å². The lowest BCUT2D eigenvalue weighted by Crippen LogP contribution is -2.29. The second-order valence-corrected chi connectivity index (χ2v) is 3.00. The first-order chi connectivity index (χ1) is 5.42. The molecular formula is C8H12N2O. The number of nitrogens with one attached hydrogen (secondary N) is 1. The third-order valence-electron chi connectivity index (χ3n) is 2.12. The molecule has 2 rings (SSSR count). The Hall–Kier alpha value is -0.800. The van der Waals surface area contributed by atoms with Gasteiger partial charge in [0.1, 0.15) is 5.76 Å². The van der Waals surface area contributed by atoms with Crippen LogP contribution < -0.4 is 11.3 Å². The van der Waals surface area contributed by atoms with E-state index in [4.69, 9.17) is 10.3 Å². The van der Waals surface area contributed by atoms with Crippen molar-refractivity contribution in [1.82, 2.24) is 5.43 Å². The van der Waals surface area contributed by atoms with Crippen LogP contribution >= 0.6 is 0 Å². The zero-order valence-corrected chi connectivity index (χ0v) is 6.29. The average Bonchev–Trinajstić information content (AvgIpc) is 2.68. The van der Waals surface area contributed by atoms with E-state index in [-0.39, 0.29) is 6.04 Å². The molecular weight excluding hydrogens is 140 g/mol. The van der Waals surface area contributed by atoms with E-state index in [1.165, 1.54) is 12.8 Å². The minimum Gasteiger partial charge on any atom is -0.468 e. The fraction of sp³-hybridized carbons (Fsp3) is 0.500. The molecule has 1 aromatic rings. The molecule has 3 N–H and O–H groups in total. The van der Waals surface area contributed by atoms with Gasteiger partial charge in [-0.05, 0) is 30.9 Å². The van der Waals surface area contributed by atoms with Crippen LogP contribution in [0.15, 0.2) is 22.8 Å². The molecule has 0 spiro atoms. The standard InChI is InChI=1S/C8H12N2O/c9-10-8(6-3-4-6)7-2-1-5-11-7/h1-2,5-6,8,10H,3-4,9H2. The van der Waals surface area contributed by atoms with E-state index in [9.17, 15) is 0 Å². The molecule has 11 heavy (non-hydrogen) atoms. The molecule has 0 aliphatic heterocycles. The molecule has 1 atom stereocenters. The van der Waals surface area contributed by atoms with Crippen LogP contribution in [0.1, 0.15) is 24.6 Å². The van der Waals surface area contributed by atoms with Gasteiger partial charge < -0.3 is 4.42 Å². The van der Waals surface area contributed by atoms with E-state index in [0.29, 0.717) is 5.92 Å². The van der Waals surface area contributed by atoms with Gasteiger partial charge in [0.05, 0.1) is 12.3 Å². The predicted molar refractivity (Wildman–Crippen MR) is 41.5 cm³/mol. The smallest absolute Gasteiger partial charge is 0.122 e. The average molecular weight is 152 g/mol. The Labute approximate surface area is 65.5 Å². The Bertz CT molecular complexity index is 216. The lowest BCUT2D eigenvalue weighted by atomic mass is 10.1. The van der Waals surface area contributed by atoms with Crippen molar-refractivity contribution in [3.63, 3.8) is 0 Å². The highest BCUT2D eigenvalue weighted by Gasteiger charge is 2.32. The van der Waals surface area contributed by atoms with Gasteiger partial charge in [-0.1, -0.05) is 0 Å². The highest BCUT2D eigenvalue weighted by atomic mass is 16.3. The summed E-state index contributed by atoms with van der Waals surface area (Å²) in [6, 6.07) is 4.08. The first-order valence-electron chi connectivity index (χ1n) is 3.91. The second kappa shape index (κ2) is 2.68. The van der Waals surface area contributed by atoms with Crippen molar-refractivity contribution in [2.24, 2.45) is 11.8 Å². The number of furan rings is 1. The summed E-state index contributed by atoms with van der Waals surface area (Å²) in [6.07, 6.45) is 4.20. The van der Waals surface area contributed by atoms with Crippen molar-refractivity contribution in [3.8, 4) is 0 Å². The molecule has 60 valence electrons. The fourth-order valence-electron chi connectivity index (χ4n) is 1.35. The fourth-order valence-corrected chi connectivity index (χ4v) is 1.35. The number of rotatable bonds is 3. The molecule has 1 aromatic heterocycles. The lowest BCUT2D eigenvalue weighted by molar-refractivity contribution is 0.388. The monoisotopic (exact) mass is 152 g/mol. The van der Waals surface area contributed by atoms with Crippen LogP contribution in [0.3, 0.4) is 0 Å². The molecule has 1 saturated carbocycles. The molecule has 1 aliphatic rings. The van der Waals surface area contributed by atoms with Crippen molar-refractivity contribution in [2.75, 3.05) is 0 Å². The molecule has 0 amide bonds. The summed E-state index contributed by atoms with van der Waals surface area (Å²) in [5.74, 6) is 7.03. The van der Waals surface area contributed by atoms with Crippen LogP contribution in [-0.2, 0) is 0 Å². The maximum absolute atomic E-state index is 5.39. The topological polar surface area (TPSA) is 51.2 Å². The van der Waals surface area contributed by atoms with Gasteiger partial charge in [0, 0.05) is 0 Å². The van der Waals surface area contributed by atoms with Crippen molar-refractivity contribution in [1.29, 1.82) is 0 Å². The highest BCUT2D eigenvalue weighted by Crippen LogP contribution is 2.40.